The van der Waals surface area contributed by atoms with Crippen LogP contribution in [0, 0.1) is 6.92 Å². The van der Waals surface area contributed by atoms with Gasteiger partial charge in [0.05, 0.1) is 0 Å². The summed E-state index contributed by atoms with van der Waals surface area (Å²) in [4.78, 5) is 7.80. The SMILES string of the molecule is Cc1cccc(CN2CCC(N3CCN(C)CC3)CC2)c1. The zero-order valence-electron chi connectivity index (χ0n) is 13.6. The Labute approximate surface area is 129 Å². The molecule has 0 radical (unpaired) electrons. The fraction of sp³-hybridized carbons (Fsp3) is 0.667. The molecule has 1 aromatic carbocycles. The van der Waals surface area contributed by atoms with E-state index < -0.39 is 0 Å². The van der Waals surface area contributed by atoms with Gasteiger partial charge in [0, 0.05) is 38.8 Å². The van der Waals surface area contributed by atoms with Crippen LogP contribution in [0.4, 0.5) is 0 Å². The third-order valence-electron chi connectivity index (χ3n) is 5.10. The highest BCUT2D eigenvalue weighted by atomic mass is 15.3. The van der Waals surface area contributed by atoms with Crippen LogP contribution in [-0.2, 0) is 6.54 Å². The number of piperidine rings is 1. The second kappa shape index (κ2) is 6.91. The highest BCUT2D eigenvalue weighted by Crippen LogP contribution is 2.19. The summed E-state index contributed by atoms with van der Waals surface area (Å²) in [7, 11) is 2.24. The van der Waals surface area contributed by atoms with Crippen LogP contribution in [0.3, 0.4) is 0 Å². The van der Waals surface area contributed by atoms with Crippen LogP contribution in [-0.4, -0.2) is 67.1 Å². The minimum absolute atomic E-state index is 0.826. The highest BCUT2D eigenvalue weighted by Gasteiger charge is 2.26. The van der Waals surface area contributed by atoms with E-state index in [1.165, 1.54) is 63.2 Å². The fourth-order valence-corrected chi connectivity index (χ4v) is 3.70. The van der Waals surface area contributed by atoms with Gasteiger partial charge in [-0.15, -0.1) is 0 Å². The zero-order chi connectivity index (χ0) is 14.7. The molecule has 0 saturated carbocycles. The largest absolute Gasteiger partial charge is 0.304 e. The third kappa shape index (κ3) is 4.06. The molecule has 2 fully saturated rings. The van der Waals surface area contributed by atoms with E-state index in [1.54, 1.807) is 0 Å². The Morgan fingerprint density at radius 3 is 2.38 bits per heavy atom. The van der Waals surface area contributed by atoms with Crippen LogP contribution < -0.4 is 0 Å². The maximum absolute atomic E-state index is 2.73. The molecular formula is C18H29N3. The Morgan fingerprint density at radius 1 is 1.00 bits per heavy atom. The predicted molar refractivity (Wildman–Crippen MR) is 88.5 cm³/mol. The fourth-order valence-electron chi connectivity index (χ4n) is 3.70. The van der Waals surface area contributed by atoms with Gasteiger partial charge in [-0.05, 0) is 45.5 Å². The normalized spacial score (nSPS) is 23.5. The van der Waals surface area contributed by atoms with Crippen molar-refractivity contribution in [1.29, 1.82) is 0 Å². The summed E-state index contributed by atoms with van der Waals surface area (Å²) in [5, 5.41) is 0. The van der Waals surface area contributed by atoms with Crippen molar-refractivity contribution < 1.29 is 0 Å². The van der Waals surface area contributed by atoms with Gasteiger partial charge in [0.15, 0.2) is 0 Å². The standard InChI is InChI=1S/C18H29N3/c1-16-4-3-5-17(14-16)15-20-8-6-18(7-9-20)21-12-10-19(2)11-13-21/h3-5,14,18H,6-13,15H2,1-2H3. The van der Waals surface area contributed by atoms with E-state index in [0.717, 1.165) is 12.6 Å². The minimum Gasteiger partial charge on any atom is -0.304 e. The Bertz CT molecular complexity index is 444. The first-order valence-corrected chi connectivity index (χ1v) is 8.41. The number of rotatable bonds is 3. The molecule has 2 aliphatic rings. The number of nitrogens with zero attached hydrogens (tertiary/aromatic N) is 3. The molecular weight excluding hydrogens is 258 g/mol. The molecule has 21 heavy (non-hydrogen) atoms. The van der Waals surface area contributed by atoms with E-state index in [-0.39, 0.29) is 0 Å². The molecule has 2 saturated heterocycles. The van der Waals surface area contributed by atoms with Gasteiger partial charge < -0.3 is 4.90 Å². The van der Waals surface area contributed by atoms with Gasteiger partial charge in [0.25, 0.3) is 0 Å². The zero-order valence-corrected chi connectivity index (χ0v) is 13.6. The molecule has 0 aliphatic carbocycles. The van der Waals surface area contributed by atoms with Crippen molar-refractivity contribution in [3.8, 4) is 0 Å². The molecule has 0 atom stereocenters. The van der Waals surface area contributed by atoms with Gasteiger partial charge >= 0.3 is 0 Å². The topological polar surface area (TPSA) is 9.72 Å². The summed E-state index contributed by atoms with van der Waals surface area (Å²) in [6, 6.07) is 9.78. The maximum atomic E-state index is 2.73. The smallest absolute Gasteiger partial charge is 0.0233 e. The molecule has 3 nitrogen and oxygen atoms in total. The van der Waals surface area contributed by atoms with Crippen molar-refractivity contribution >= 4 is 0 Å². The van der Waals surface area contributed by atoms with Crippen LogP contribution in [0.2, 0.25) is 0 Å². The van der Waals surface area contributed by atoms with Crippen LogP contribution in [0.1, 0.15) is 24.0 Å². The number of piperazine rings is 1. The molecule has 3 heteroatoms. The van der Waals surface area contributed by atoms with Crippen LogP contribution in [0.25, 0.3) is 0 Å². The number of likely N-dealkylation sites (tertiary alicyclic amines) is 1. The quantitative estimate of drug-likeness (QED) is 0.844. The Balaban J connectivity index is 1.47. The Kier molecular flexibility index (Phi) is 4.94. The molecule has 3 rings (SSSR count). The summed E-state index contributed by atoms with van der Waals surface area (Å²) < 4.78 is 0. The second-order valence-electron chi connectivity index (χ2n) is 6.84. The number of aryl methyl sites for hydroxylation is 1. The number of likely N-dealkylation sites (N-methyl/N-ethyl adjacent to an activating group) is 1. The summed E-state index contributed by atoms with van der Waals surface area (Å²) in [5.41, 5.74) is 2.84. The minimum atomic E-state index is 0.826. The molecule has 0 bridgehead atoms. The average Bonchev–Trinajstić information content (AvgIpc) is 2.49. The first kappa shape index (κ1) is 15.0. The molecule has 0 unspecified atom stereocenters. The van der Waals surface area contributed by atoms with Crippen molar-refractivity contribution in [2.24, 2.45) is 0 Å². The van der Waals surface area contributed by atoms with E-state index in [0.29, 0.717) is 0 Å². The second-order valence-corrected chi connectivity index (χ2v) is 6.84. The highest BCUT2D eigenvalue weighted by molar-refractivity contribution is 5.22. The summed E-state index contributed by atoms with van der Waals surface area (Å²) in [6.07, 6.45) is 2.69. The molecule has 2 heterocycles. The third-order valence-corrected chi connectivity index (χ3v) is 5.10. The van der Waals surface area contributed by atoms with Crippen molar-refractivity contribution in [3.63, 3.8) is 0 Å². The van der Waals surface area contributed by atoms with E-state index in [2.05, 4.69) is 52.9 Å². The predicted octanol–water partition coefficient (Wildman–Crippen LogP) is 2.21. The molecule has 116 valence electrons. The molecule has 0 aromatic heterocycles. The number of hydrogen-bond donors (Lipinski definition) is 0. The van der Waals surface area contributed by atoms with Gasteiger partial charge in [-0.2, -0.15) is 0 Å². The van der Waals surface area contributed by atoms with Crippen molar-refractivity contribution in [3.05, 3.63) is 35.4 Å². The van der Waals surface area contributed by atoms with Crippen molar-refractivity contribution in [2.45, 2.75) is 32.4 Å². The van der Waals surface area contributed by atoms with E-state index in [4.69, 9.17) is 0 Å². The van der Waals surface area contributed by atoms with E-state index in [1.807, 2.05) is 0 Å². The molecule has 2 aliphatic heterocycles. The average molecular weight is 287 g/mol. The number of hydrogen-bond acceptors (Lipinski definition) is 3. The van der Waals surface area contributed by atoms with Crippen LogP contribution in [0.15, 0.2) is 24.3 Å². The van der Waals surface area contributed by atoms with Crippen molar-refractivity contribution in [1.82, 2.24) is 14.7 Å². The van der Waals surface area contributed by atoms with Crippen molar-refractivity contribution in [2.75, 3.05) is 46.3 Å². The summed E-state index contributed by atoms with van der Waals surface area (Å²) in [5.74, 6) is 0. The van der Waals surface area contributed by atoms with Crippen LogP contribution >= 0.6 is 0 Å². The first-order chi connectivity index (χ1) is 10.2. The van der Waals surface area contributed by atoms with Crippen LogP contribution in [0.5, 0.6) is 0 Å². The lowest BCUT2D eigenvalue weighted by Gasteiger charge is -2.42. The number of benzene rings is 1. The first-order valence-electron chi connectivity index (χ1n) is 8.41. The molecule has 0 spiro atoms. The lowest BCUT2D eigenvalue weighted by Crippen LogP contribution is -2.52. The summed E-state index contributed by atoms with van der Waals surface area (Å²) in [6.45, 7) is 10.8. The van der Waals surface area contributed by atoms with Gasteiger partial charge in [-0.1, -0.05) is 29.8 Å². The van der Waals surface area contributed by atoms with Gasteiger partial charge in [0.1, 0.15) is 0 Å². The van der Waals surface area contributed by atoms with Gasteiger partial charge in [-0.3, -0.25) is 9.80 Å². The van der Waals surface area contributed by atoms with Gasteiger partial charge in [0.2, 0.25) is 0 Å². The summed E-state index contributed by atoms with van der Waals surface area (Å²) >= 11 is 0. The Hall–Kier alpha value is -0.900. The van der Waals surface area contributed by atoms with Gasteiger partial charge in [-0.25, -0.2) is 0 Å². The lowest BCUT2D eigenvalue weighted by atomic mass is 10.0. The Morgan fingerprint density at radius 2 is 1.71 bits per heavy atom. The molecule has 1 aromatic rings. The monoisotopic (exact) mass is 287 g/mol. The lowest BCUT2D eigenvalue weighted by molar-refractivity contribution is 0.0658. The van der Waals surface area contributed by atoms with E-state index >= 15 is 0 Å². The van der Waals surface area contributed by atoms with E-state index in [9.17, 15) is 0 Å². The molecule has 0 N–H and O–H groups in total. The maximum Gasteiger partial charge on any atom is 0.0233 e. The molecule has 0 amide bonds.